The molecule has 2 atom stereocenters. The van der Waals surface area contributed by atoms with Gasteiger partial charge < -0.3 is 15.6 Å². The first-order valence-electron chi connectivity index (χ1n) is 6.18. The molecule has 1 rings (SSSR count). The lowest BCUT2D eigenvalue weighted by Crippen LogP contribution is -2.26. The van der Waals surface area contributed by atoms with Crippen molar-refractivity contribution in [1.82, 2.24) is 0 Å². The van der Waals surface area contributed by atoms with Gasteiger partial charge in [0.2, 0.25) is 0 Å². The summed E-state index contributed by atoms with van der Waals surface area (Å²) in [6.07, 6.45) is 2.36. The SMILES string of the molecule is CCCC[C@@H](O)[C@@H](N)c1ccc(OC)cc1C. The number of hydrogen-bond acceptors (Lipinski definition) is 3. The molecule has 0 amide bonds. The molecule has 0 aliphatic rings. The molecule has 0 heterocycles. The Hall–Kier alpha value is -1.06. The molecule has 96 valence electrons. The van der Waals surface area contributed by atoms with Crippen LogP contribution in [0.15, 0.2) is 18.2 Å². The first-order valence-corrected chi connectivity index (χ1v) is 6.18. The standard InChI is InChI=1S/C14H23NO2/c1-4-5-6-13(16)14(15)12-8-7-11(17-3)9-10(12)2/h7-9,13-14,16H,4-6,15H2,1-3H3/t13-,14+/m1/s1. The molecule has 0 radical (unpaired) electrons. The normalized spacial score (nSPS) is 14.4. The Morgan fingerprint density at radius 3 is 2.65 bits per heavy atom. The fourth-order valence-corrected chi connectivity index (χ4v) is 1.95. The van der Waals surface area contributed by atoms with Gasteiger partial charge in [-0.2, -0.15) is 0 Å². The molecule has 0 saturated carbocycles. The van der Waals surface area contributed by atoms with Crippen molar-refractivity contribution >= 4 is 0 Å². The second-order valence-electron chi connectivity index (χ2n) is 4.46. The molecular formula is C14H23NO2. The van der Waals surface area contributed by atoms with Crippen molar-refractivity contribution in [1.29, 1.82) is 0 Å². The molecule has 0 fully saturated rings. The van der Waals surface area contributed by atoms with Crippen LogP contribution in [-0.2, 0) is 0 Å². The van der Waals surface area contributed by atoms with Crippen LogP contribution >= 0.6 is 0 Å². The lowest BCUT2D eigenvalue weighted by atomic mass is 9.95. The van der Waals surface area contributed by atoms with Gasteiger partial charge in [-0.1, -0.05) is 25.8 Å². The van der Waals surface area contributed by atoms with E-state index < -0.39 is 6.10 Å². The summed E-state index contributed by atoms with van der Waals surface area (Å²) in [5.74, 6) is 0.821. The van der Waals surface area contributed by atoms with E-state index in [0.717, 1.165) is 36.1 Å². The summed E-state index contributed by atoms with van der Waals surface area (Å²) in [5.41, 5.74) is 8.14. The minimum Gasteiger partial charge on any atom is -0.497 e. The maximum atomic E-state index is 10.00. The van der Waals surface area contributed by atoms with Crippen LogP contribution in [0.3, 0.4) is 0 Å². The predicted octanol–water partition coefficient (Wildman–Crippen LogP) is 2.55. The summed E-state index contributed by atoms with van der Waals surface area (Å²) < 4.78 is 5.15. The van der Waals surface area contributed by atoms with Crippen LogP contribution < -0.4 is 10.5 Å². The van der Waals surface area contributed by atoms with Crippen molar-refractivity contribution in [2.45, 2.75) is 45.3 Å². The number of aliphatic hydroxyl groups is 1. The average Bonchev–Trinajstić information content (AvgIpc) is 2.34. The van der Waals surface area contributed by atoms with Gasteiger partial charge in [0, 0.05) is 0 Å². The van der Waals surface area contributed by atoms with Gasteiger partial charge in [0.15, 0.2) is 0 Å². The van der Waals surface area contributed by atoms with Gasteiger partial charge in [-0.25, -0.2) is 0 Å². The number of hydrogen-bond donors (Lipinski definition) is 2. The van der Waals surface area contributed by atoms with Crippen LogP contribution in [0.4, 0.5) is 0 Å². The fraction of sp³-hybridized carbons (Fsp3) is 0.571. The van der Waals surface area contributed by atoms with Gasteiger partial charge in [0.25, 0.3) is 0 Å². The zero-order valence-electron chi connectivity index (χ0n) is 10.9. The van der Waals surface area contributed by atoms with E-state index >= 15 is 0 Å². The Kier molecular flexibility index (Phi) is 5.45. The van der Waals surface area contributed by atoms with Crippen LogP contribution in [-0.4, -0.2) is 18.3 Å². The van der Waals surface area contributed by atoms with Gasteiger partial charge >= 0.3 is 0 Å². The Morgan fingerprint density at radius 2 is 2.12 bits per heavy atom. The lowest BCUT2D eigenvalue weighted by molar-refractivity contribution is 0.132. The number of aliphatic hydroxyl groups excluding tert-OH is 1. The van der Waals surface area contributed by atoms with E-state index in [1.165, 1.54) is 0 Å². The van der Waals surface area contributed by atoms with E-state index in [1.807, 2.05) is 25.1 Å². The summed E-state index contributed by atoms with van der Waals surface area (Å²) in [6.45, 7) is 4.10. The van der Waals surface area contributed by atoms with Crippen LogP contribution in [0.1, 0.15) is 43.4 Å². The molecule has 3 N–H and O–H groups in total. The van der Waals surface area contributed by atoms with Crippen molar-refractivity contribution in [3.05, 3.63) is 29.3 Å². The zero-order chi connectivity index (χ0) is 12.8. The number of benzene rings is 1. The topological polar surface area (TPSA) is 55.5 Å². The molecule has 3 heteroatoms. The maximum Gasteiger partial charge on any atom is 0.119 e. The Morgan fingerprint density at radius 1 is 1.41 bits per heavy atom. The van der Waals surface area contributed by atoms with E-state index in [4.69, 9.17) is 10.5 Å². The number of rotatable bonds is 6. The second-order valence-corrected chi connectivity index (χ2v) is 4.46. The molecule has 0 saturated heterocycles. The summed E-state index contributed by atoms with van der Waals surface area (Å²) in [4.78, 5) is 0. The summed E-state index contributed by atoms with van der Waals surface area (Å²) >= 11 is 0. The highest BCUT2D eigenvalue weighted by Crippen LogP contribution is 2.24. The average molecular weight is 237 g/mol. The highest BCUT2D eigenvalue weighted by atomic mass is 16.5. The third kappa shape index (κ3) is 3.72. The van der Waals surface area contributed by atoms with Gasteiger partial charge in [0.1, 0.15) is 5.75 Å². The van der Waals surface area contributed by atoms with Crippen LogP contribution in [0, 0.1) is 6.92 Å². The van der Waals surface area contributed by atoms with Gasteiger partial charge in [-0.3, -0.25) is 0 Å². The molecule has 0 aliphatic carbocycles. The van der Waals surface area contributed by atoms with E-state index in [2.05, 4.69) is 6.92 Å². The lowest BCUT2D eigenvalue weighted by Gasteiger charge is -2.21. The number of methoxy groups -OCH3 is 1. The van der Waals surface area contributed by atoms with Gasteiger partial charge in [0.05, 0.1) is 19.3 Å². The quantitative estimate of drug-likeness (QED) is 0.799. The van der Waals surface area contributed by atoms with E-state index in [-0.39, 0.29) is 6.04 Å². The second kappa shape index (κ2) is 6.62. The van der Waals surface area contributed by atoms with Gasteiger partial charge in [-0.05, 0) is 36.6 Å². The molecule has 3 nitrogen and oxygen atoms in total. The smallest absolute Gasteiger partial charge is 0.119 e. The number of aryl methyl sites for hydroxylation is 1. The first-order chi connectivity index (χ1) is 8.10. The van der Waals surface area contributed by atoms with Crippen molar-refractivity contribution in [3.63, 3.8) is 0 Å². The molecule has 0 spiro atoms. The first kappa shape index (κ1) is 14.0. The highest BCUT2D eigenvalue weighted by molar-refractivity contribution is 5.36. The van der Waals surface area contributed by atoms with Crippen molar-refractivity contribution in [2.75, 3.05) is 7.11 Å². The number of nitrogens with two attached hydrogens (primary N) is 1. The van der Waals surface area contributed by atoms with Crippen molar-refractivity contribution in [2.24, 2.45) is 5.73 Å². The highest BCUT2D eigenvalue weighted by Gasteiger charge is 2.18. The number of unbranched alkanes of at least 4 members (excludes halogenated alkanes) is 1. The molecular weight excluding hydrogens is 214 g/mol. The third-order valence-corrected chi connectivity index (χ3v) is 3.10. The predicted molar refractivity (Wildman–Crippen MR) is 70.2 cm³/mol. The fourth-order valence-electron chi connectivity index (χ4n) is 1.95. The number of ether oxygens (including phenoxy) is 1. The minimum absolute atomic E-state index is 0.313. The van der Waals surface area contributed by atoms with Crippen LogP contribution in [0.5, 0.6) is 5.75 Å². The Balaban J connectivity index is 2.77. The Labute approximate surface area is 104 Å². The van der Waals surface area contributed by atoms with Crippen molar-refractivity contribution < 1.29 is 9.84 Å². The van der Waals surface area contributed by atoms with Crippen LogP contribution in [0.2, 0.25) is 0 Å². The zero-order valence-corrected chi connectivity index (χ0v) is 10.9. The summed E-state index contributed by atoms with van der Waals surface area (Å²) in [6, 6.07) is 5.46. The summed E-state index contributed by atoms with van der Waals surface area (Å²) in [5, 5.41) is 10.00. The summed E-state index contributed by atoms with van der Waals surface area (Å²) in [7, 11) is 1.64. The van der Waals surface area contributed by atoms with E-state index in [9.17, 15) is 5.11 Å². The van der Waals surface area contributed by atoms with E-state index in [1.54, 1.807) is 7.11 Å². The molecule has 0 aromatic heterocycles. The molecule has 1 aromatic rings. The molecule has 0 bridgehead atoms. The largest absolute Gasteiger partial charge is 0.497 e. The minimum atomic E-state index is -0.470. The monoisotopic (exact) mass is 237 g/mol. The van der Waals surface area contributed by atoms with Gasteiger partial charge in [-0.15, -0.1) is 0 Å². The van der Waals surface area contributed by atoms with Crippen LogP contribution in [0.25, 0.3) is 0 Å². The van der Waals surface area contributed by atoms with E-state index in [0.29, 0.717) is 0 Å². The maximum absolute atomic E-state index is 10.00. The Bertz CT molecular complexity index is 352. The molecule has 0 aliphatic heterocycles. The molecule has 17 heavy (non-hydrogen) atoms. The molecule has 1 aromatic carbocycles. The van der Waals surface area contributed by atoms with Crippen molar-refractivity contribution in [3.8, 4) is 5.75 Å². The third-order valence-electron chi connectivity index (χ3n) is 3.10. The molecule has 0 unspecified atom stereocenters.